The standard InChI is InChI=1S/C38H75O8P/c1-4-5-6-7-8-9-19-23-26-29-32-38(40)46-36(34-45-47(41,42)43)33-44-37(39)31-28-25-22-20-17-15-13-11-10-12-14-16-18-21-24-27-30-35(2)3/h35-36H,4-34H2,1-3H3,(H2,41,42,43)/t36-/m1/s1. The molecule has 0 spiro atoms. The van der Waals surface area contributed by atoms with Crippen LogP contribution in [0.3, 0.4) is 0 Å². The van der Waals surface area contributed by atoms with Gasteiger partial charge in [0.2, 0.25) is 0 Å². The summed E-state index contributed by atoms with van der Waals surface area (Å²) < 4.78 is 26.3. The molecule has 0 aliphatic heterocycles. The van der Waals surface area contributed by atoms with E-state index in [1.54, 1.807) is 0 Å². The van der Waals surface area contributed by atoms with Gasteiger partial charge in [0.1, 0.15) is 6.61 Å². The van der Waals surface area contributed by atoms with Gasteiger partial charge in [0.05, 0.1) is 6.61 Å². The Labute approximate surface area is 289 Å². The van der Waals surface area contributed by atoms with Crippen LogP contribution >= 0.6 is 7.82 Å². The molecule has 280 valence electrons. The Morgan fingerprint density at radius 2 is 0.894 bits per heavy atom. The summed E-state index contributed by atoms with van der Waals surface area (Å²) >= 11 is 0. The van der Waals surface area contributed by atoms with Crippen molar-refractivity contribution >= 4 is 19.8 Å². The van der Waals surface area contributed by atoms with Crippen LogP contribution in [0.5, 0.6) is 0 Å². The van der Waals surface area contributed by atoms with Crippen LogP contribution in [0, 0.1) is 5.92 Å². The number of hydrogen-bond acceptors (Lipinski definition) is 6. The van der Waals surface area contributed by atoms with Gasteiger partial charge >= 0.3 is 19.8 Å². The quantitative estimate of drug-likeness (QED) is 0.0379. The molecule has 1 atom stereocenters. The van der Waals surface area contributed by atoms with E-state index in [0.717, 1.165) is 44.4 Å². The maximum atomic E-state index is 12.3. The molecule has 0 bridgehead atoms. The summed E-state index contributed by atoms with van der Waals surface area (Å²) in [6, 6.07) is 0. The molecule has 0 fully saturated rings. The fraction of sp³-hybridized carbons (Fsp3) is 0.947. The Balaban J connectivity index is 3.83. The van der Waals surface area contributed by atoms with Crippen molar-refractivity contribution in [3.8, 4) is 0 Å². The number of hydrogen-bond donors (Lipinski definition) is 2. The molecule has 0 heterocycles. The average molecular weight is 691 g/mol. The van der Waals surface area contributed by atoms with Crippen LogP contribution in [-0.2, 0) is 28.2 Å². The zero-order valence-corrected chi connectivity index (χ0v) is 31.8. The van der Waals surface area contributed by atoms with Crippen molar-refractivity contribution in [2.45, 2.75) is 213 Å². The van der Waals surface area contributed by atoms with Gasteiger partial charge in [0.25, 0.3) is 0 Å². The van der Waals surface area contributed by atoms with E-state index in [1.165, 1.54) is 128 Å². The van der Waals surface area contributed by atoms with Crippen molar-refractivity contribution in [2.75, 3.05) is 13.2 Å². The zero-order valence-electron chi connectivity index (χ0n) is 30.9. The first kappa shape index (κ1) is 46.0. The number of phosphoric acid groups is 1. The molecule has 0 aliphatic rings. The van der Waals surface area contributed by atoms with Crippen LogP contribution < -0.4 is 0 Å². The molecule has 0 radical (unpaired) electrons. The number of rotatable bonds is 36. The van der Waals surface area contributed by atoms with Crippen LogP contribution in [0.1, 0.15) is 207 Å². The summed E-state index contributed by atoms with van der Waals surface area (Å²) in [5.74, 6) is -0.0304. The van der Waals surface area contributed by atoms with Crippen molar-refractivity contribution in [1.29, 1.82) is 0 Å². The second-order valence-electron chi connectivity index (χ2n) is 14.1. The van der Waals surface area contributed by atoms with Crippen molar-refractivity contribution < 1.29 is 37.9 Å². The number of esters is 2. The normalized spacial score (nSPS) is 12.5. The minimum atomic E-state index is -4.74. The van der Waals surface area contributed by atoms with Crippen LogP contribution in [0.25, 0.3) is 0 Å². The zero-order chi connectivity index (χ0) is 34.9. The molecule has 9 heteroatoms. The first-order valence-electron chi connectivity index (χ1n) is 19.7. The smallest absolute Gasteiger partial charge is 0.462 e. The highest BCUT2D eigenvalue weighted by molar-refractivity contribution is 7.46. The summed E-state index contributed by atoms with van der Waals surface area (Å²) in [5.41, 5.74) is 0. The van der Waals surface area contributed by atoms with Crippen molar-refractivity contribution in [1.82, 2.24) is 0 Å². The fourth-order valence-electron chi connectivity index (χ4n) is 5.85. The molecule has 0 aromatic rings. The summed E-state index contributed by atoms with van der Waals surface area (Å²) in [5, 5.41) is 0. The van der Waals surface area contributed by atoms with Crippen molar-refractivity contribution in [3.63, 3.8) is 0 Å². The van der Waals surface area contributed by atoms with Gasteiger partial charge in [-0.05, 0) is 18.8 Å². The van der Waals surface area contributed by atoms with Gasteiger partial charge in [-0.15, -0.1) is 0 Å². The molecule has 0 saturated heterocycles. The molecular formula is C38H75O8P. The van der Waals surface area contributed by atoms with Crippen LogP contribution in [0.4, 0.5) is 0 Å². The highest BCUT2D eigenvalue weighted by Gasteiger charge is 2.22. The van der Waals surface area contributed by atoms with E-state index in [0.29, 0.717) is 6.42 Å². The lowest BCUT2D eigenvalue weighted by atomic mass is 10.0. The molecule has 0 saturated carbocycles. The molecule has 2 N–H and O–H groups in total. The maximum Gasteiger partial charge on any atom is 0.469 e. The molecular weight excluding hydrogens is 615 g/mol. The van der Waals surface area contributed by atoms with Gasteiger partial charge in [0, 0.05) is 12.8 Å². The van der Waals surface area contributed by atoms with Crippen molar-refractivity contribution in [2.24, 2.45) is 5.92 Å². The van der Waals surface area contributed by atoms with Crippen LogP contribution in [0.15, 0.2) is 0 Å². The minimum Gasteiger partial charge on any atom is -0.462 e. The molecule has 47 heavy (non-hydrogen) atoms. The number of ether oxygens (including phenoxy) is 2. The third kappa shape index (κ3) is 37.7. The van der Waals surface area contributed by atoms with Crippen LogP contribution in [-0.4, -0.2) is 41.0 Å². The second kappa shape index (κ2) is 33.5. The summed E-state index contributed by atoms with van der Waals surface area (Å²) in [6.07, 6.45) is 32.6. The number of unbranched alkanes of at least 4 members (excludes halogenated alkanes) is 24. The molecule has 0 aromatic carbocycles. The van der Waals surface area contributed by atoms with Crippen LogP contribution in [0.2, 0.25) is 0 Å². The summed E-state index contributed by atoms with van der Waals surface area (Å²) in [4.78, 5) is 42.6. The Hall–Kier alpha value is -0.950. The lowest BCUT2D eigenvalue weighted by Gasteiger charge is -2.18. The van der Waals surface area contributed by atoms with Crippen molar-refractivity contribution in [3.05, 3.63) is 0 Å². The van der Waals surface area contributed by atoms with Gasteiger partial charge in [-0.3, -0.25) is 14.1 Å². The monoisotopic (exact) mass is 691 g/mol. The second-order valence-corrected chi connectivity index (χ2v) is 15.3. The van der Waals surface area contributed by atoms with E-state index in [1.807, 2.05) is 0 Å². The first-order valence-corrected chi connectivity index (χ1v) is 21.2. The fourth-order valence-corrected chi connectivity index (χ4v) is 6.21. The SMILES string of the molecule is CCCCCCCCCCCCC(=O)O[C@H](COC(=O)CCCCCCCCCCCCCCCCCCC(C)C)COP(=O)(O)O. The molecule has 8 nitrogen and oxygen atoms in total. The van der Waals surface area contributed by atoms with Gasteiger partial charge in [-0.25, -0.2) is 4.57 Å². The van der Waals surface area contributed by atoms with E-state index >= 15 is 0 Å². The Morgan fingerprint density at radius 3 is 1.28 bits per heavy atom. The van der Waals surface area contributed by atoms with E-state index < -0.39 is 32.5 Å². The first-order chi connectivity index (χ1) is 22.6. The lowest BCUT2D eigenvalue weighted by Crippen LogP contribution is -2.29. The average Bonchev–Trinajstić information content (AvgIpc) is 3.02. The predicted octanol–water partition coefficient (Wildman–Crippen LogP) is 11.5. The van der Waals surface area contributed by atoms with Gasteiger partial charge in [-0.1, -0.05) is 181 Å². The van der Waals surface area contributed by atoms with Gasteiger partial charge in [-0.2, -0.15) is 0 Å². The summed E-state index contributed by atoms with van der Waals surface area (Å²) in [6.45, 7) is 6.03. The number of phosphoric ester groups is 1. The lowest BCUT2D eigenvalue weighted by molar-refractivity contribution is -0.161. The topological polar surface area (TPSA) is 119 Å². The van der Waals surface area contributed by atoms with Gasteiger partial charge < -0.3 is 19.3 Å². The Bertz CT molecular complexity index is 754. The largest absolute Gasteiger partial charge is 0.469 e. The molecule has 0 amide bonds. The number of carbonyl (C=O) groups excluding carboxylic acids is 2. The van der Waals surface area contributed by atoms with E-state index in [9.17, 15) is 14.2 Å². The van der Waals surface area contributed by atoms with E-state index in [2.05, 4.69) is 25.3 Å². The Kier molecular flexibility index (Phi) is 32.9. The highest BCUT2D eigenvalue weighted by atomic mass is 31.2. The van der Waals surface area contributed by atoms with Gasteiger partial charge in [0.15, 0.2) is 6.10 Å². The summed E-state index contributed by atoms with van der Waals surface area (Å²) in [7, 11) is -4.74. The molecule has 0 unspecified atom stereocenters. The third-order valence-corrected chi connectivity index (χ3v) is 9.29. The third-order valence-electron chi connectivity index (χ3n) is 8.80. The maximum absolute atomic E-state index is 12.3. The molecule has 0 aliphatic carbocycles. The molecule has 0 aromatic heterocycles. The predicted molar refractivity (Wildman–Crippen MR) is 193 cm³/mol. The highest BCUT2D eigenvalue weighted by Crippen LogP contribution is 2.36. The molecule has 0 rings (SSSR count). The number of carbonyl (C=O) groups is 2. The Morgan fingerprint density at radius 1 is 0.532 bits per heavy atom. The van der Waals surface area contributed by atoms with E-state index in [-0.39, 0.29) is 19.4 Å². The minimum absolute atomic E-state index is 0.218. The van der Waals surface area contributed by atoms with E-state index in [4.69, 9.17) is 19.3 Å².